The van der Waals surface area contributed by atoms with Crippen molar-refractivity contribution in [1.29, 1.82) is 0 Å². The number of nitrogens with one attached hydrogen (secondary N) is 1. The third kappa shape index (κ3) is 3.01. The topological polar surface area (TPSA) is 58.6 Å². The van der Waals surface area contributed by atoms with Crippen molar-refractivity contribution in [2.24, 2.45) is 0 Å². The molecular weight excluding hydrogens is 230 g/mol. The SMILES string of the molecule is CCOC(=O)CCNC1CCc2cc(O)ccc21. The number of hydrogen-bond donors (Lipinski definition) is 2. The van der Waals surface area contributed by atoms with Gasteiger partial charge in [-0.3, -0.25) is 4.79 Å². The van der Waals surface area contributed by atoms with Crippen LogP contribution in [0.2, 0.25) is 0 Å². The van der Waals surface area contributed by atoms with E-state index in [4.69, 9.17) is 4.74 Å². The van der Waals surface area contributed by atoms with Gasteiger partial charge in [-0.15, -0.1) is 0 Å². The number of ether oxygens (including phenoxy) is 1. The van der Waals surface area contributed by atoms with Crippen LogP contribution in [-0.4, -0.2) is 24.2 Å². The number of benzene rings is 1. The van der Waals surface area contributed by atoms with Crippen LogP contribution >= 0.6 is 0 Å². The Morgan fingerprint density at radius 2 is 2.39 bits per heavy atom. The van der Waals surface area contributed by atoms with Gasteiger partial charge in [0.25, 0.3) is 0 Å². The van der Waals surface area contributed by atoms with Crippen molar-refractivity contribution >= 4 is 5.97 Å². The molecule has 18 heavy (non-hydrogen) atoms. The highest BCUT2D eigenvalue weighted by Gasteiger charge is 2.22. The summed E-state index contributed by atoms with van der Waals surface area (Å²) in [6.45, 7) is 2.87. The van der Waals surface area contributed by atoms with Crippen LogP contribution in [0.5, 0.6) is 5.75 Å². The van der Waals surface area contributed by atoms with Crippen LogP contribution in [0.1, 0.15) is 36.9 Å². The molecule has 1 aliphatic carbocycles. The quantitative estimate of drug-likeness (QED) is 0.783. The predicted octanol–water partition coefficient (Wildman–Crippen LogP) is 1.92. The van der Waals surface area contributed by atoms with Gasteiger partial charge in [-0.2, -0.15) is 0 Å². The van der Waals surface area contributed by atoms with Gasteiger partial charge < -0.3 is 15.2 Å². The Balaban J connectivity index is 1.85. The van der Waals surface area contributed by atoms with Gasteiger partial charge in [0.1, 0.15) is 5.75 Å². The van der Waals surface area contributed by atoms with Crippen LogP contribution in [-0.2, 0) is 16.0 Å². The average Bonchev–Trinajstić information content (AvgIpc) is 2.72. The molecule has 4 heteroatoms. The molecule has 2 N–H and O–H groups in total. The zero-order valence-corrected chi connectivity index (χ0v) is 10.6. The van der Waals surface area contributed by atoms with Crippen molar-refractivity contribution in [3.63, 3.8) is 0 Å². The monoisotopic (exact) mass is 249 g/mol. The number of carbonyl (C=O) groups excluding carboxylic acids is 1. The number of rotatable bonds is 5. The molecule has 0 spiro atoms. The fourth-order valence-corrected chi connectivity index (χ4v) is 2.40. The number of hydrogen-bond acceptors (Lipinski definition) is 4. The lowest BCUT2D eigenvalue weighted by molar-refractivity contribution is -0.143. The molecule has 0 heterocycles. The molecule has 1 aliphatic rings. The van der Waals surface area contributed by atoms with Gasteiger partial charge in [0.2, 0.25) is 0 Å². The molecule has 1 atom stereocenters. The lowest BCUT2D eigenvalue weighted by Crippen LogP contribution is -2.23. The molecule has 0 amide bonds. The molecular formula is C14H19NO3. The average molecular weight is 249 g/mol. The molecule has 2 rings (SSSR count). The van der Waals surface area contributed by atoms with Crippen molar-refractivity contribution < 1.29 is 14.6 Å². The van der Waals surface area contributed by atoms with Crippen molar-refractivity contribution in [3.05, 3.63) is 29.3 Å². The summed E-state index contributed by atoms with van der Waals surface area (Å²) in [5.41, 5.74) is 2.43. The largest absolute Gasteiger partial charge is 0.508 e. The fourth-order valence-electron chi connectivity index (χ4n) is 2.40. The second kappa shape index (κ2) is 5.87. The zero-order chi connectivity index (χ0) is 13.0. The Hall–Kier alpha value is -1.55. The molecule has 0 aromatic heterocycles. The van der Waals surface area contributed by atoms with Crippen molar-refractivity contribution in [1.82, 2.24) is 5.32 Å². The maximum Gasteiger partial charge on any atom is 0.307 e. The third-order valence-electron chi connectivity index (χ3n) is 3.23. The molecule has 4 nitrogen and oxygen atoms in total. The van der Waals surface area contributed by atoms with Gasteiger partial charge in [0, 0.05) is 12.6 Å². The Morgan fingerprint density at radius 1 is 1.56 bits per heavy atom. The highest BCUT2D eigenvalue weighted by molar-refractivity contribution is 5.69. The van der Waals surface area contributed by atoms with Crippen LogP contribution in [0.15, 0.2) is 18.2 Å². The van der Waals surface area contributed by atoms with Crippen LogP contribution in [0, 0.1) is 0 Å². The zero-order valence-electron chi connectivity index (χ0n) is 10.6. The summed E-state index contributed by atoms with van der Waals surface area (Å²) in [5.74, 6) is 0.162. The van der Waals surface area contributed by atoms with Gasteiger partial charge in [0.05, 0.1) is 13.0 Å². The molecule has 1 unspecified atom stereocenters. The van der Waals surface area contributed by atoms with E-state index in [-0.39, 0.29) is 12.0 Å². The van der Waals surface area contributed by atoms with Gasteiger partial charge in [-0.1, -0.05) is 6.07 Å². The summed E-state index contributed by atoms with van der Waals surface area (Å²) in [7, 11) is 0. The van der Waals surface area contributed by atoms with E-state index in [0.717, 1.165) is 12.8 Å². The van der Waals surface area contributed by atoms with Crippen molar-refractivity contribution in [2.45, 2.75) is 32.2 Å². The van der Waals surface area contributed by atoms with Gasteiger partial charge >= 0.3 is 5.97 Å². The molecule has 0 radical (unpaired) electrons. The smallest absolute Gasteiger partial charge is 0.307 e. The normalized spacial score (nSPS) is 17.5. The molecule has 98 valence electrons. The summed E-state index contributed by atoms with van der Waals surface area (Å²) >= 11 is 0. The number of phenols is 1. The van der Waals surface area contributed by atoms with Crippen LogP contribution in [0.3, 0.4) is 0 Å². The number of carbonyl (C=O) groups is 1. The number of phenolic OH excluding ortho intramolecular Hbond substituents is 1. The number of esters is 1. The Bertz CT molecular complexity index is 431. The predicted molar refractivity (Wildman–Crippen MR) is 68.4 cm³/mol. The first-order valence-corrected chi connectivity index (χ1v) is 6.41. The van der Waals surface area contributed by atoms with E-state index in [1.54, 1.807) is 6.07 Å². The Labute approximate surface area is 107 Å². The maximum absolute atomic E-state index is 11.2. The number of aryl methyl sites for hydroxylation is 1. The van der Waals surface area contributed by atoms with E-state index < -0.39 is 0 Å². The lowest BCUT2D eigenvalue weighted by atomic mass is 10.1. The lowest BCUT2D eigenvalue weighted by Gasteiger charge is -2.13. The summed E-state index contributed by atoms with van der Waals surface area (Å²) in [6, 6.07) is 5.78. The molecule has 0 saturated carbocycles. The highest BCUT2D eigenvalue weighted by atomic mass is 16.5. The highest BCUT2D eigenvalue weighted by Crippen LogP contribution is 2.33. The second-order valence-electron chi connectivity index (χ2n) is 4.48. The Morgan fingerprint density at radius 3 is 3.17 bits per heavy atom. The standard InChI is InChI=1S/C14H19NO3/c1-2-18-14(17)7-8-15-13-6-3-10-9-11(16)4-5-12(10)13/h4-5,9,13,15-16H,2-3,6-8H2,1H3. The molecule has 1 aromatic rings. The molecule has 0 saturated heterocycles. The van der Waals surface area contributed by atoms with E-state index in [1.807, 2.05) is 19.1 Å². The first kappa shape index (κ1) is 12.9. The molecule has 0 bridgehead atoms. The maximum atomic E-state index is 11.2. The van der Waals surface area contributed by atoms with Gasteiger partial charge in [-0.05, 0) is 43.0 Å². The number of aromatic hydroxyl groups is 1. The van der Waals surface area contributed by atoms with E-state index in [1.165, 1.54) is 11.1 Å². The van der Waals surface area contributed by atoms with E-state index >= 15 is 0 Å². The minimum absolute atomic E-state index is 0.158. The summed E-state index contributed by atoms with van der Waals surface area (Å²) in [5, 5.41) is 12.8. The second-order valence-corrected chi connectivity index (χ2v) is 4.48. The molecule has 1 aromatic carbocycles. The van der Waals surface area contributed by atoms with Crippen LogP contribution < -0.4 is 5.32 Å². The van der Waals surface area contributed by atoms with Crippen molar-refractivity contribution in [2.75, 3.05) is 13.2 Å². The summed E-state index contributed by atoms with van der Waals surface area (Å²) in [6.07, 6.45) is 2.39. The third-order valence-corrected chi connectivity index (χ3v) is 3.23. The minimum Gasteiger partial charge on any atom is -0.508 e. The summed E-state index contributed by atoms with van der Waals surface area (Å²) in [4.78, 5) is 11.2. The van der Waals surface area contributed by atoms with Crippen LogP contribution in [0.4, 0.5) is 0 Å². The van der Waals surface area contributed by atoms with Crippen LogP contribution in [0.25, 0.3) is 0 Å². The van der Waals surface area contributed by atoms with E-state index in [9.17, 15) is 9.90 Å². The van der Waals surface area contributed by atoms with Gasteiger partial charge in [0.15, 0.2) is 0 Å². The van der Waals surface area contributed by atoms with Gasteiger partial charge in [-0.25, -0.2) is 0 Å². The molecule has 0 aliphatic heterocycles. The number of fused-ring (bicyclic) bond motifs is 1. The summed E-state index contributed by atoms with van der Waals surface area (Å²) < 4.78 is 4.88. The minimum atomic E-state index is -0.158. The fraction of sp³-hybridized carbons (Fsp3) is 0.500. The van der Waals surface area contributed by atoms with E-state index in [0.29, 0.717) is 25.3 Å². The van der Waals surface area contributed by atoms with E-state index in [2.05, 4.69) is 5.32 Å². The molecule has 0 fully saturated rings. The first-order valence-electron chi connectivity index (χ1n) is 6.41. The Kier molecular flexibility index (Phi) is 4.20. The first-order chi connectivity index (χ1) is 8.70. The van der Waals surface area contributed by atoms with Crippen molar-refractivity contribution in [3.8, 4) is 5.75 Å².